The Kier molecular flexibility index (Phi) is 4.75. The Labute approximate surface area is 113 Å². The SMILES string of the molecule is CCNc1ncccc1COc1cccc(CO)c1. The quantitative estimate of drug-likeness (QED) is 0.836. The van der Waals surface area contributed by atoms with Gasteiger partial charge in [0, 0.05) is 18.3 Å². The van der Waals surface area contributed by atoms with Crippen LogP contribution in [-0.2, 0) is 13.2 Å². The predicted octanol–water partition coefficient (Wildman–Crippen LogP) is 2.58. The molecule has 0 fully saturated rings. The number of ether oxygens (including phenoxy) is 1. The van der Waals surface area contributed by atoms with Crippen molar-refractivity contribution >= 4 is 5.82 Å². The second kappa shape index (κ2) is 6.75. The van der Waals surface area contributed by atoms with Gasteiger partial charge in [-0.1, -0.05) is 18.2 Å². The number of anilines is 1. The van der Waals surface area contributed by atoms with Gasteiger partial charge in [0.25, 0.3) is 0 Å². The van der Waals surface area contributed by atoms with E-state index < -0.39 is 0 Å². The number of aliphatic hydroxyl groups excluding tert-OH is 1. The molecule has 1 heterocycles. The summed E-state index contributed by atoms with van der Waals surface area (Å²) in [5.74, 6) is 1.60. The zero-order valence-electron chi connectivity index (χ0n) is 11.0. The first kappa shape index (κ1) is 13.4. The molecule has 100 valence electrons. The fourth-order valence-electron chi connectivity index (χ4n) is 1.78. The zero-order valence-corrected chi connectivity index (χ0v) is 11.0. The number of nitrogens with one attached hydrogen (secondary N) is 1. The lowest BCUT2D eigenvalue weighted by atomic mass is 10.2. The molecule has 0 radical (unpaired) electrons. The molecule has 4 nitrogen and oxygen atoms in total. The van der Waals surface area contributed by atoms with Crippen molar-refractivity contribution in [2.24, 2.45) is 0 Å². The minimum Gasteiger partial charge on any atom is -0.489 e. The average Bonchev–Trinajstić information content (AvgIpc) is 2.47. The van der Waals surface area contributed by atoms with Crippen molar-refractivity contribution in [1.29, 1.82) is 0 Å². The van der Waals surface area contributed by atoms with Crippen molar-refractivity contribution in [1.82, 2.24) is 4.98 Å². The molecule has 2 N–H and O–H groups in total. The Balaban J connectivity index is 2.05. The van der Waals surface area contributed by atoms with Crippen LogP contribution in [0.4, 0.5) is 5.82 Å². The number of benzene rings is 1. The van der Waals surface area contributed by atoms with E-state index in [1.165, 1.54) is 0 Å². The van der Waals surface area contributed by atoms with Crippen molar-refractivity contribution in [3.63, 3.8) is 0 Å². The van der Waals surface area contributed by atoms with Gasteiger partial charge in [0.1, 0.15) is 18.2 Å². The van der Waals surface area contributed by atoms with Gasteiger partial charge in [-0.15, -0.1) is 0 Å². The third kappa shape index (κ3) is 3.69. The van der Waals surface area contributed by atoms with Gasteiger partial charge in [-0.25, -0.2) is 4.98 Å². The third-order valence-electron chi connectivity index (χ3n) is 2.71. The second-order valence-electron chi connectivity index (χ2n) is 4.14. The Morgan fingerprint density at radius 3 is 2.95 bits per heavy atom. The number of aromatic nitrogens is 1. The first-order valence-corrected chi connectivity index (χ1v) is 6.34. The van der Waals surface area contributed by atoms with Gasteiger partial charge in [0.2, 0.25) is 0 Å². The Hall–Kier alpha value is -2.07. The van der Waals surface area contributed by atoms with Gasteiger partial charge >= 0.3 is 0 Å². The number of aliphatic hydroxyl groups is 1. The van der Waals surface area contributed by atoms with Crippen LogP contribution in [0.3, 0.4) is 0 Å². The lowest BCUT2D eigenvalue weighted by Gasteiger charge is -2.11. The summed E-state index contributed by atoms with van der Waals surface area (Å²) in [6.45, 7) is 3.33. The van der Waals surface area contributed by atoms with Gasteiger partial charge in [-0.2, -0.15) is 0 Å². The summed E-state index contributed by atoms with van der Waals surface area (Å²) in [6.07, 6.45) is 1.76. The van der Waals surface area contributed by atoms with Crippen LogP contribution in [0.1, 0.15) is 18.1 Å². The number of rotatable bonds is 6. The van der Waals surface area contributed by atoms with Crippen LogP contribution in [0, 0.1) is 0 Å². The summed E-state index contributed by atoms with van der Waals surface area (Å²) >= 11 is 0. The van der Waals surface area contributed by atoms with E-state index in [9.17, 15) is 0 Å². The molecule has 4 heteroatoms. The van der Waals surface area contributed by atoms with E-state index in [1.54, 1.807) is 6.20 Å². The molecule has 2 rings (SSSR count). The maximum absolute atomic E-state index is 9.09. The molecule has 1 aromatic carbocycles. The normalized spacial score (nSPS) is 10.2. The molecule has 0 saturated carbocycles. The molecule has 19 heavy (non-hydrogen) atoms. The highest BCUT2D eigenvalue weighted by atomic mass is 16.5. The predicted molar refractivity (Wildman–Crippen MR) is 75.1 cm³/mol. The summed E-state index contributed by atoms with van der Waals surface area (Å²) in [5, 5.41) is 12.3. The second-order valence-corrected chi connectivity index (χ2v) is 4.14. The molecule has 0 unspecified atom stereocenters. The number of hydrogen-bond acceptors (Lipinski definition) is 4. The van der Waals surface area contributed by atoms with Crippen LogP contribution in [0.15, 0.2) is 42.6 Å². The number of hydrogen-bond donors (Lipinski definition) is 2. The van der Waals surface area contributed by atoms with E-state index in [2.05, 4.69) is 10.3 Å². The molecule has 0 atom stereocenters. The molecule has 0 spiro atoms. The smallest absolute Gasteiger partial charge is 0.132 e. The van der Waals surface area contributed by atoms with E-state index in [-0.39, 0.29) is 6.61 Å². The molecular weight excluding hydrogens is 240 g/mol. The molecule has 1 aromatic heterocycles. The van der Waals surface area contributed by atoms with Crippen LogP contribution in [0.5, 0.6) is 5.75 Å². The minimum atomic E-state index is 0.0206. The molecule has 2 aromatic rings. The van der Waals surface area contributed by atoms with Crippen LogP contribution in [0.25, 0.3) is 0 Å². The fraction of sp³-hybridized carbons (Fsp3) is 0.267. The van der Waals surface area contributed by atoms with Gasteiger partial charge in [-0.3, -0.25) is 0 Å². The fourth-order valence-corrected chi connectivity index (χ4v) is 1.78. The maximum Gasteiger partial charge on any atom is 0.132 e. The summed E-state index contributed by atoms with van der Waals surface area (Å²) in [4.78, 5) is 4.28. The van der Waals surface area contributed by atoms with Crippen LogP contribution in [-0.4, -0.2) is 16.6 Å². The lowest BCUT2D eigenvalue weighted by Crippen LogP contribution is -2.05. The lowest BCUT2D eigenvalue weighted by molar-refractivity contribution is 0.278. The zero-order chi connectivity index (χ0) is 13.5. The van der Waals surface area contributed by atoms with Crippen LogP contribution < -0.4 is 10.1 Å². The Morgan fingerprint density at radius 2 is 2.16 bits per heavy atom. The van der Waals surface area contributed by atoms with Gasteiger partial charge < -0.3 is 15.2 Å². The van der Waals surface area contributed by atoms with E-state index in [0.717, 1.165) is 29.2 Å². The summed E-state index contributed by atoms with van der Waals surface area (Å²) in [5.41, 5.74) is 1.86. The van der Waals surface area contributed by atoms with Gasteiger partial charge in [0.15, 0.2) is 0 Å². The average molecular weight is 258 g/mol. The largest absolute Gasteiger partial charge is 0.489 e. The van der Waals surface area contributed by atoms with Gasteiger partial charge in [-0.05, 0) is 30.7 Å². The molecule has 0 saturated heterocycles. The minimum absolute atomic E-state index is 0.0206. The first-order valence-electron chi connectivity index (χ1n) is 6.34. The molecule has 0 bridgehead atoms. The van der Waals surface area contributed by atoms with Crippen molar-refractivity contribution in [3.8, 4) is 5.75 Å². The highest BCUT2D eigenvalue weighted by Gasteiger charge is 2.03. The highest BCUT2D eigenvalue weighted by molar-refractivity contribution is 5.43. The molecular formula is C15H18N2O2. The van der Waals surface area contributed by atoms with Crippen molar-refractivity contribution < 1.29 is 9.84 Å². The molecule has 0 aliphatic carbocycles. The highest BCUT2D eigenvalue weighted by Crippen LogP contribution is 2.17. The van der Waals surface area contributed by atoms with E-state index in [4.69, 9.17) is 9.84 Å². The van der Waals surface area contributed by atoms with Gasteiger partial charge in [0.05, 0.1) is 6.61 Å². The Bertz CT molecular complexity index is 529. The summed E-state index contributed by atoms with van der Waals surface area (Å²) < 4.78 is 5.73. The molecule has 0 amide bonds. The number of pyridine rings is 1. The first-order chi connectivity index (χ1) is 9.33. The van der Waals surface area contributed by atoms with Crippen molar-refractivity contribution in [2.45, 2.75) is 20.1 Å². The monoisotopic (exact) mass is 258 g/mol. The molecule has 0 aliphatic rings. The standard InChI is InChI=1S/C15H18N2O2/c1-2-16-15-13(6-4-8-17-15)11-19-14-7-3-5-12(9-14)10-18/h3-9,18H,2,10-11H2,1H3,(H,16,17). The van der Waals surface area contributed by atoms with Crippen molar-refractivity contribution in [2.75, 3.05) is 11.9 Å². The van der Waals surface area contributed by atoms with Crippen LogP contribution >= 0.6 is 0 Å². The van der Waals surface area contributed by atoms with E-state index >= 15 is 0 Å². The molecule has 0 aliphatic heterocycles. The van der Waals surface area contributed by atoms with Crippen molar-refractivity contribution in [3.05, 3.63) is 53.7 Å². The maximum atomic E-state index is 9.09. The van der Waals surface area contributed by atoms with E-state index in [1.807, 2.05) is 43.3 Å². The number of nitrogens with zero attached hydrogens (tertiary/aromatic N) is 1. The van der Waals surface area contributed by atoms with Crippen LogP contribution in [0.2, 0.25) is 0 Å². The topological polar surface area (TPSA) is 54.4 Å². The summed E-state index contributed by atoms with van der Waals surface area (Å²) in [7, 11) is 0. The van der Waals surface area contributed by atoms with E-state index in [0.29, 0.717) is 6.61 Å². The Morgan fingerprint density at radius 1 is 1.26 bits per heavy atom. The third-order valence-corrected chi connectivity index (χ3v) is 2.71. The summed E-state index contributed by atoms with van der Waals surface area (Å²) in [6, 6.07) is 11.3.